The smallest absolute Gasteiger partial charge is 0.240 e. The van der Waals surface area contributed by atoms with Crippen LogP contribution in [0.15, 0.2) is 30.7 Å². The summed E-state index contributed by atoms with van der Waals surface area (Å²) < 4.78 is 17.1. The number of hydrogen-bond donors (Lipinski definition) is 3. The zero-order valence-electron chi connectivity index (χ0n) is 17.0. The van der Waals surface area contributed by atoms with E-state index < -0.39 is 5.82 Å². The molecule has 30 heavy (non-hydrogen) atoms. The summed E-state index contributed by atoms with van der Waals surface area (Å²) in [5.41, 5.74) is 12.6. The number of imidazole rings is 1. The summed E-state index contributed by atoms with van der Waals surface area (Å²) in [5.74, 6) is 0.396. The van der Waals surface area contributed by atoms with Crippen LogP contribution >= 0.6 is 0 Å². The van der Waals surface area contributed by atoms with Crippen LogP contribution in [-0.4, -0.2) is 39.9 Å². The normalized spacial score (nSPS) is 21.5. The molecule has 10 heteroatoms. The van der Waals surface area contributed by atoms with Crippen molar-refractivity contribution in [2.45, 2.75) is 45.1 Å². The quantitative estimate of drug-likeness (QED) is 0.438. The van der Waals surface area contributed by atoms with Crippen LogP contribution in [0.1, 0.15) is 39.5 Å². The van der Waals surface area contributed by atoms with Gasteiger partial charge in [-0.3, -0.25) is 0 Å². The monoisotopic (exact) mass is 412 g/mol. The van der Waals surface area contributed by atoms with Crippen molar-refractivity contribution in [2.75, 3.05) is 11.5 Å². The second-order valence-corrected chi connectivity index (χ2v) is 8.13. The molecule has 0 aliphatic heterocycles. The number of anilines is 2. The number of fused-ring (bicyclic) bond motifs is 2. The van der Waals surface area contributed by atoms with Crippen molar-refractivity contribution in [1.29, 1.82) is 0 Å². The molecule has 0 bridgehead atoms. The molecule has 0 unspecified atom stereocenters. The third-order valence-electron chi connectivity index (χ3n) is 5.49. The Morgan fingerprint density at radius 1 is 1.17 bits per heavy atom. The Morgan fingerprint density at radius 2 is 1.90 bits per heavy atom. The molecule has 0 saturated heterocycles. The van der Waals surface area contributed by atoms with Gasteiger partial charge in [0.15, 0.2) is 17.3 Å². The van der Waals surface area contributed by atoms with Gasteiger partial charge in [-0.2, -0.15) is 10.1 Å². The van der Waals surface area contributed by atoms with Crippen molar-refractivity contribution in [3.63, 3.8) is 0 Å². The van der Waals surface area contributed by atoms with Gasteiger partial charge in [-0.15, -0.1) is 5.10 Å². The van der Waals surface area contributed by atoms with Crippen molar-refractivity contribution >= 4 is 22.9 Å². The van der Waals surface area contributed by atoms with E-state index in [0.717, 1.165) is 18.8 Å². The molecule has 1 aliphatic rings. The Hall–Kier alpha value is -3.27. The molecular weight excluding hydrogens is 387 g/mol. The van der Waals surface area contributed by atoms with Crippen LogP contribution in [0.25, 0.3) is 22.4 Å². The van der Waals surface area contributed by atoms with Gasteiger partial charge in [0.25, 0.3) is 0 Å². The fraction of sp³-hybridized carbons (Fsp3) is 0.400. The number of hydrogen-bond acceptors (Lipinski definition) is 7. The van der Waals surface area contributed by atoms with Crippen LogP contribution in [0.4, 0.5) is 16.2 Å². The average molecular weight is 412 g/mol. The number of aromatic nitrogens is 6. The molecule has 1 saturated carbocycles. The highest BCUT2D eigenvalue weighted by Gasteiger charge is 2.26. The fourth-order valence-electron chi connectivity index (χ4n) is 3.67. The Kier molecular flexibility index (Phi) is 5.02. The van der Waals surface area contributed by atoms with Crippen molar-refractivity contribution in [3.8, 4) is 11.3 Å². The molecule has 4 aromatic rings. The van der Waals surface area contributed by atoms with E-state index in [1.165, 1.54) is 23.6 Å². The molecular formula is C20H25FN8O. The lowest BCUT2D eigenvalue weighted by Crippen LogP contribution is -2.29. The number of nitrogen functional groups attached to an aromatic ring is 2. The lowest BCUT2D eigenvalue weighted by Gasteiger charge is -2.31. The van der Waals surface area contributed by atoms with Gasteiger partial charge in [-0.1, -0.05) is 6.92 Å². The molecule has 9 nitrogen and oxygen atoms in total. The van der Waals surface area contributed by atoms with Crippen molar-refractivity contribution < 1.29 is 9.50 Å². The SMILES string of the molecule is CC1CCC(C)(O)CC1.Nc1nc(N)c2c(-c3ccc4nccn4n3)c(F)cn2n1. The van der Waals surface area contributed by atoms with Gasteiger partial charge in [0.2, 0.25) is 5.95 Å². The van der Waals surface area contributed by atoms with Crippen LogP contribution in [0.5, 0.6) is 0 Å². The number of rotatable bonds is 1. The van der Waals surface area contributed by atoms with Crippen LogP contribution in [0.2, 0.25) is 0 Å². The van der Waals surface area contributed by atoms with Crippen LogP contribution in [0, 0.1) is 11.7 Å². The maximum absolute atomic E-state index is 14.3. The van der Waals surface area contributed by atoms with Crippen molar-refractivity contribution in [2.24, 2.45) is 5.92 Å². The van der Waals surface area contributed by atoms with E-state index >= 15 is 0 Å². The zero-order chi connectivity index (χ0) is 21.5. The van der Waals surface area contributed by atoms with Crippen LogP contribution in [0.3, 0.4) is 0 Å². The Labute approximate surface area is 172 Å². The summed E-state index contributed by atoms with van der Waals surface area (Å²) in [4.78, 5) is 7.95. The first-order chi connectivity index (χ1) is 14.2. The molecule has 0 spiro atoms. The average Bonchev–Trinajstić information content (AvgIpc) is 3.27. The summed E-state index contributed by atoms with van der Waals surface area (Å²) in [7, 11) is 0. The third-order valence-corrected chi connectivity index (χ3v) is 5.49. The van der Waals surface area contributed by atoms with Crippen LogP contribution < -0.4 is 11.5 Å². The number of nitrogens with zero attached hydrogens (tertiary/aromatic N) is 6. The molecule has 5 rings (SSSR count). The molecule has 158 valence electrons. The van der Waals surface area contributed by atoms with Crippen molar-refractivity contribution in [1.82, 2.24) is 29.2 Å². The standard InChI is InChI=1S/C12H9FN8.C8H16O/c13-6-5-21-10(11(14)17-12(15)19-21)9(6)7-1-2-8-16-3-4-20(8)18-7;1-7-3-5-8(2,9)6-4-7/h1-5H,(H4,14,15,17,19);7,9H,3-6H2,1-2H3. The topological polar surface area (TPSA) is 133 Å². The first kappa shape index (κ1) is 20.0. The van der Waals surface area contributed by atoms with Crippen molar-refractivity contribution in [3.05, 3.63) is 36.5 Å². The maximum Gasteiger partial charge on any atom is 0.240 e. The van der Waals surface area contributed by atoms with Gasteiger partial charge >= 0.3 is 0 Å². The maximum atomic E-state index is 14.3. The Morgan fingerprint density at radius 3 is 2.60 bits per heavy atom. The van der Waals surface area contributed by atoms with Gasteiger partial charge < -0.3 is 16.6 Å². The van der Waals surface area contributed by atoms with Gasteiger partial charge in [0.1, 0.15) is 5.52 Å². The Balaban J connectivity index is 0.000000204. The minimum absolute atomic E-state index is 0.0282. The lowest BCUT2D eigenvalue weighted by atomic mass is 9.81. The van der Waals surface area contributed by atoms with E-state index in [4.69, 9.17) is 11.5 Å². The van der Waals surface area contributed by atoms with Gasteiger partial charge in [0.05, 0.1) is 23.1 Å². The molecule has 1 aliphatic carbocycles. The highest BCUT2D eigenvalue weighted by Crippen LogP contribution is 2.31. The summed E-state index contributed by atoms with van der Waals surface area (Å²) >= 11 is 0. The molecule has 4 heterocycles. The molecule has 1 fully saturated rings. The molecule has 0 radical (unpaired) electrons. The van der Waals surface area contributed by atoms with E-state index in [1.54, 1.807) is 29.0 Å². The molecule has 0 amide bonds. The van der Waals surface area contributed by atoms with Gasteiger partial charge in [0, 0.05) is 12.4 Å². The number of aliphatic hydroxyl groups is 1. The second-order valence-electron chi connectivity index (χ2n) is 8.13. The fourth-order valence-corrected chi connectivity index (χ4v) is 3.67. The minimum atomic E-state index is -0.506. The van der Waals surface area contributed by atoms with Gasteiger partial charge in [-0.25, -0.2) is 18.4 Å². The summed E-state index contributed by atoms with van der Waals surface area (Å²) in [6, 6.07) is 3.40. The highest BCUT2D eigenvalue weighted by molar-refractivity contribution is 5.87. The molecule has 0 aromatic carbocycles. The largest absolute Gasteiger partial charge is 0.390 e. The zero-order valence-corrected chi connectivity index (χ0v) is 17.0. The van der Waals surface area contributed by atoms with E-state index in [-0.39, 0.29) is 22.9 Å². The minimum Gasteiger partial charge on any atom is -0.390 e. The predicted octanol–water partition coefficient (Wildman–Crippen LogP) is 2.69. The van der Waals surface area contributed by atoms with E-state index in [9.17, 15) is 9.50 Å². The second kappa shape index (κ2) is 7.52. The first-order valence-corrected chi connectivity index (χ1v) is 9.86. The first-order valence-electron chi connectivity index (χ1n) is 9.86. The number of halogens is 1. The van der Waals surface area contributed by atoms with Gasteiger partial charge in [-0.05, 0) is 50.7 Å². The van der Waals surface area contributed by atoms with E-state index in [1.807, 2.05) is 6.92 Å². The lowest BCUT2D eigenvalue weighted by molar-refractivity contribution is 0.0104. The van der Waals surface area contributed by atoms with E-state index in [2.05, 4.69) is 27.1 Å². The van der Waals surface area contributed by atoms with Crippen LogP contribution in [-0.2, 0) is 0 Å². The number of nitrogens with two attached hydrogens (primary N) is 2. The summed E-state index contributed by atoms with van der Waals surface area (Å²) in [5, 5.41) is 17.7. The summed E-state index contributed by atoms with van der Waals surface area (Å²) in [6.45, 7) is 4.20. The molecule has 5 N–H and O–H groups in total. The molecule has 0 atom stereocenters. The van der Waals surface area contributed by atoms with E-state index in [0.29, 0.717) is 16.9 Å². The third kappa shape index (κ3) is 3.90. The molecule has 4 aromatic heterocycles. The Bertz CT molecular complexity index is 1190. The summed E-state index contributed by atoms with van der Waals surface area (Å²) in [6.07, 6.45) is 8.87. The highest BCUT2D eigenvalue weighted by atomic mass is 19.1. The predicted molar refractivity (Wildman–Crippen MR) is 112 cm³/mol.